The van der Waals surface area contributed by atoms with E-state index in [1.807, 2.05) is 0 Å². The van der Waals surface area contributed by atoms with Crippen molar-refractivity contribution < 1.29 is 0 Å². The zero-order valence-corrected chi connectivity index (χ0v) is 39.2. The van der Waals surface area contributed by atoms with Crippen molar-refractivity contribution in [3.05, 3.63) is 280 Å². The van der Waals surface area contributed by atoms with Crippen LogP contribution in [0.3, 0.4) is 0 Å². The predicted octanol–water partition coefficient (Wildman–Crippen LogP) is 16.8. The van der Waals surface area contributed by atoms with E-state index < -0.39 is 10.8 Å². The molecule has 0 heterocycles. The first kappa shape index (κ1) is 41.5. The number of hydrogen-bond acceptors (Lipinski definition) is 1. The van der Waals surface area contributed by atoms with Gasteiger partial charge in [0.25, 0.3) is 0 Å². The van der Waals surface area contributed by atoms with Crippen LogP contribution in [0.15, 0.2) is 218 Å². The van der Waals surface area contributed by atoms with Gasteiger partial charge in [-0.3, -0.25) is 0 Å². The summed E-state index contributed by atoms with van der Waals surface area (Å²) in [6.07, 6.45) is 0. The van der Waals surface area contributed by atoms with E-state index in [0.29, 0.717) is 0 Å². The third-order valence-electron chi connectivity index (χ3n) is 14.6. The van der Waals surface area contributed by atoms with Gasteiger partial charge in [0.1, 0.15) is 0 Å². The van der Waals surface area contributed by atoms with Gasteiger partial charge in [0.15, 0.2) is 0 Å². The number of nitrogens with zero attached hydrogens (tertiary/aromatic N) is 1. The molecule has 322 valence electrons. The summed E-state index contributed by atoms with van der Waals surface area (Å²) in [6, 6.07) is 82.9. The zero-order chi connectivity index (χ0) is 45.4. The lowest BCUT2D eigenvalue weighted by molar-refractivity contribution is 0.589. The zero-order valence-electron chi connectivity index (χ0n) is 39.2. The average Bonchev–Trinajstić information content (AvgIpc) is 3.80. The number of rotatable bonds is 7. The van der Waals surface area contributed by atoms with E-state index in [1.54, 1.807) is 0 Å². The van der Waals surface area contributed by atoms with Crippen LogP contribution >= 0.6 is 0 Å². The van der Waals surface area contributed by atoms with Gasteiger partial charge in [-0.1, -0.05) is 229 Å². The normalized spacial score (nSPS) is 17.1. The van der Waals surface area contributed by atoms with Gasteiger partial charge in [-0.15, -0.1) is 0 Å². The molecule has 0 fully saturated rings. The number of benzene rings is 9. The summed E-state index contributed by atoms with van der Waals surface area (Å²) in [5, 5.41) is 0. The van der Waals surface area contributed by atoms with Crippen molar-refractivity contribution in [1.82, 2.24) is 0 Å². The van der Waals surface area contributed by atoms with Crippen molar-refractivity contribution in [3.8, 4) is 22.3 Å². The Labute approximate surface area is 392 Å². The Morgan fingerprint density at radius 2 is 0.636 bits per heavy atom. The predicted molar refractivity (Wildman–Crippen MR) is 278 cm³/mol. The van der Waals surface area contributed by atoms with E-state index in [1.165, 1.54) is 83.5 Å². The fourth-order valence-corrected chi connectivity index (χ4v) is 11.3. The molecule has 0 bridgehead atoms. The van der Waals surface area contributed by atoms with E-state index in [4.69, 9.17) is 0 Å². The second kappa shape index (κ2) is 15.5. The summed E-state index contributed by atoms with van der Waals surface area (Å²) >= 11 is 0. The molecule has 0 amide bonds. The summed E-state index contributed by atoms with van der Waals surface area (Å²) < 4.78 is 0. The standard InChI is InChI=1S/C65H57N/c1-44-26-36-51(37-27-44)66(52-38-40-56-54-22-14-16-24-58(54)64(60(56)42-52,47-18-10-8-11-19-47)49-32-28-45(29-33-49)62(2,3)4)53-39-41-57-55-23-15-17-25-59(55)65(61(57)43-53,48-20-12-9-13-21-48)50-34-30-46(31-35-50)63(5,6)7/h8-43H,1-7H3. The highest BCUT2D eigenvalue weighted by molar-refractivity contribution is 5.92. The van der Waals surface area contributed by atoms with E-state index in [9.17, 15) is 0 Å². The molecule has 2 unspecified atom stereocenters. The molecule has 2 aliphatic rings. The third-order valence-corrected chi connectivity index (χ3v) is 14.6. The highest BCUT2D eigenvalue weighted by Gasteiger charge is 2.48. The van der Waals surface area contributed by atoms with Crippen LogP contribution in [-0.4, -0.2) is 0 Å². The van der Waals surface area contributed by atoms with E-state index in [-0.39, 0.29) is 10.8 Å². The highest BCUT2D eigenvalue weighted by Crippen LogP contribution is 2.59. The Hall–Kier alpha value is -7.22. The van der Waals surface area contributed by atoms with Crippen LogP contribution in [0.2, 0.25) is 0 Å². The van der Waals surface area contributed by atoms with Gasteiger partial charge in [0.2, 0.25) is 0 Å². The van der Waals surface area contributed by atoms with Crippen molar-refractivity contribution in [2.45, 2.75) is 70.1 Å². The summed E-state index contributed by atoms with van der Waals surface area (Å²) in [5.74, 6) is 0. The number of aryl methyl sites for hydroxylation is 1. The monoisotopic (exact) mass is 851 g/mol. The fourth-order valence-electron chi connectivity index (χ4n) is 11.3. The highest BCUT2D eigenvalue weighted by atomic mass is 15.1. The first-order valence-corrected chi connectivity index (χ1v) is 23.6. The summed E-state index contributed by atoms with van der Waals surface area (Å²) in [6.45, 7) is 16.0. The van der Waals surface area contributed by atoms with E-state index >= 15 is 0 Å². The van der Waals surface area contributed by atoms with Crippen molar-refractivity contribution >= 4 is 17.1 Å². The van der Waals surface area contributed by atoms with Crippen molar-refractivity contribution in [1.29, 1.82) is 0 Å². The van der Waals surface area contributed by atoms with Crippen LogP contribution in [0.4, 0.5) is 17.1 Å². The first-order chi connectivity index (χ1) is 31.9. The lowest BCUT2D eigenvalue weighted by atomic mass is 9.67. The minimum Gasteiger partial charge on any atom is -0.310 e. The molecule has 0 radical (unpaired) electrons. The topological polar surface area (TPSA) is 3.24 Å². The molecule has 0 saturated heterocycles. The quantitative estimate of drug-likeness (QED) is 0.154. The molecular weight excluding hydrogens is 795 g/mol. The van der Waals surface area contributed by atoms with Crippen LogP contribution in [0.5, 0.6) is 0 Å². The molecule has 66 heavy (non-hydrogen) atoms. The molecule has 0 N–H and O–H groups in total. The Bertz CT molecular complexity index is 3040. The van der Waals surface area contributed by atoms with Gasteiger partial charge < -0.3 is 4.90 Å². The molecule has 1 heteroatoms. The van der Waals surface area contributed by atoms with Crippen LogP contribution in [0, 0.1) is 6.92 Å². The maximum absolute atomic E-state index is 2.50. The molecule has 0 spiro atoms. The van der Waals surface area contributed by atoms with Gasteiger partial charge in [-0.2, -0.15) is 0 Å². The van der Waals surface area contributed by atoms with E-state index in [2.05, 4.69) is 272 Å². The molecule has 2 atom stereocenters. The van der Waals surface area contributed by atoms with Gasteiger partial charge >= 0.3 is 0 Å². The Morgan fingerprint density at radius 1 is 0.303 bits per heavy atom. The fraction of sp³-hybridized carbons (Fsp3) is 0.169. The molecule has 1 nitrogen and oxygen atoms in total. The Morgan fingerprint density at radius 3 is 1.03 bits per heavy atom. The molecule has 11 rings (SSSR count). The molecular formula is C65H57N. The van der Waals surface area contributed by atoms with Crippen LogP contribution in [0.25, 0.3) is 22.3 Å². The summed E-state index contributed by atoms with van der Waals surface area (Å²) in [7, 11) is 0. The smallest absolute Gasteiger partial charge is 0.0714 e. The second-order valence-corrected chi connectivity index (χ2v) is 20.6. The van der Waals surface area contributed by atoms with Crippen LogP contribution in [0.1, 0.15) is 103 Å². The minimum absolute atomic E-state index is 0.0385. The second-order valence-electron chi connectivity index (χ2n) is 20.6. The number of anilines is 3. The van der Waals surface area contributed by atoms with Crippen LogP contribution in [-0.2, 0) is 21.7 Å². The maximum atomic E-state index is 2.50. The lowest BCUT2D eigenvalue weighted by Crippen LogP contribution is -2.29. The molecule has 9 aromatic rings. The molecule has 9 aromatic carbocycles. The average molecular weight is 852 g/mol. The number of fused-ring (bicyclic) bond motifs is 6. The van der Waals surface area contributed by atoms with Crippen molar-refractivity contribution in [2.75, 3.05) is 4.90 Å². The van der Waals surface area contributed by atoms with Gasteiger partial charge in [-0.05, 0) is 132 Å². The van der Waals surface area contributed by atoms with Crippen LogP contribution < -0.4 is 4.90 Å². The summed E-state index contributed by atoms with van der Waals surface area (Å²) in [5.41, 5.74) is 21.6. The third kappa shape index (κ3) is 6.35. The van der Waals surface area contributed by atoms with Crippen molar-refractivity contribution in [2.24, 2.45) is 0 Å². The number of hydrogen-bond donors (Lipinski definition) is 0. The Kier molecular flexibility index (Phi) is 9.71. The minimum atomic E-state index is -0.542. The van der Waals surface area contributed by atoms with Gasteiger partial charge in [-0.25, -0.2) is 0 Å². The van der Waals surface area contributed by atoms with Crippen molar-refractivity contribution in [3.63, 3.8) is 0 Å². The van der Waals surface area contributed by atoms with Gasteiger partial charge in [0, 0.05) is 17.1 Å². The SMILES string of the molecule is Cc1ccc(N(c2ccc3c(c2)C(c2ccccc2)(c2ccc(C(C)(C)C)cc2)c2ccccc2-3)c2ccc3c(c2)C(c2ccccc2)(c2ccc(C(C)(C)C)cc2)c2ccccc2-3)cc1. The molecule has 0 saturated carbocycles. The maximum Gasteiger partial charge on any atom is 0.0714 e. The summed E-state index contributed by atoms with van der Waals surface area (Å²) in [4.78, 5) is 2.49. The van der Waals surface area contributed by atoms with E-state index in [0.717, 1.165) is 17.1 Å². The molecule has 0 aliphatic heterocycles. The largest absolute Gasteiger partial charge is 0.310 e. The molecule has 0 aromatic heterocycles. The first-order valence-electron chi connectivity index (χ1n) is 23.6. The van der Waals surface area contributed by atoms with Gasteiger partial charge in [0.05, 0.1) is 10.8 Å². The lowest BCUT2D eigenvalue weighted by Gasteiger charge is -2.36. The molecule has 2 aliphatic carbocycles. The Balaban J connectivity index is 1.17.